The average molecular weight is 390 g/mol. The third kappa shape index (κ3) is 4.39. The minimum absolute atomic E-state index is 0.0212. The number of hydrogen-bond acceptors (Lipinski definition) is 5. The highest BCUT2D eigenvalue weighted by Gasteiger charge is 2.29. The van der Waals surface area contributed by atoms with Gasteiger partial charge >= 0.3 is 5.97 Å². The number of aryl methyl sites for hydroxylation is 2. The van der Waals surface area contributed by atoms with E-state index in [0.29, 0.717) is 41.9 Å². The summed E-state index contributed by atoms with van der Waals surface area (Å²) in [6.07, 6.45) is 2.42. The second kappa shape index (κ2) is 7.96. The molecule has 144 valence electrons. The second-order valence-electron chi connectivity index (χ2n) is 6.74. The molecule has 0 spiro atoms. The van der Waals surface area contributed by atoms with Gasteiger partial charge in [0.1, 0.15) is 12.2 Å². The third-order valence-electron chi connectivity index (χ3n) is 4.66. The quantitative estimate of drug-likeness (QED) is 0.817. The molecule has 2 N–H and O–H groups in total. The Kier molecular flexibility index (Phi) is 5.65. The minimum Gasteiger partial charge on any atom is -0.481 e. The molecule has 1 aliphatic heterocycles. The van der Waals surface area contributed by atoms with Gasteiger partial charge in [-0.3, -0.25) is 14.4 Å². The van der Waals surface area contributed by atoms with Crippen LogP contribution in [-0.2, 0) is 11.2 Å². The van der Waals surface area contributed by atoms with E-state index in [9.17, 15) is 14.4 Å². The summed E-state index contributed by atoms with van der Waals surface area (Å²) in [6.45, 7) is 4.70. The van der Waals surface area contributed by atoms with Crippen molar-refractivity contribution in [1.82, 2.24) is 10.2 Å². The first-order valence-corrected chi connectivity index (χ1v) is 9.62. The molecule has 3 rings (SSSR count). The molecule has 1 saturated heterocycles. The standard InChI is InChI=1S/C19H22N2O5S/c1-11-10-26-14(9-16(22)23)17(11)19(25)21-7-5-13(6-8-21)20-18(24)15-4-3-12(2)27-15/h3-4,10,13H,5-9H2,1-2H3,(H,20,24)(H,22,23). The number of carboxylic acid groups (broad SMARTS) is 1. The van der Waals surface area contributed by atoms with Crippen molar-refractivity contribution in [2.45, 2.75) is 39.2 Å². The van der Waals surface area contributed by atoms with Gasteiger partial charge in [0.25, 0.3) is 11.8 Å². The van der Waals surface area contributed by atoms with Crippen molar-refractivity contribution in [2.24, 2.45) is 0 Å². The maximum Gasteiger partial charge on any atom is 0.311 e. The summed E-state index contributed by atoms with van der Waals surface area (Å²) in [6, 6.07) is 3.76. The number of likely N-dealkylation sites (tertiary alicyclic amines) is 1. The van der Waals surface area contributed by atoms with E-state index in [-0.39, 0.29) is 30.0 Å². The van der Waals surface area contributed by atoms with E-state index < -0.39 is 5.97 Å². The van der Waals surface area contributed by atoms with Crippen molar-refractivity contribution in [3.63, 3.8) is 0 Å². The fourth-order valence-corrected chi connectivity index (χ4v) is 4.02. The van der Waals surface area contributed by atoms with Crippen molar-refractivity contribution >= 4 is 29.1 Å². The van der Waals surface area contributed by atoms with Crippen LogP contribution in [0.4, 0.5) is 0 Å². The number of hydrogen-bond donors (Lipinski definition) is 2. The zero-order valence-corrected chi connectivity index (χ0v) is 16.1. The lowest BCUT2D eigenvalue weighted by Gasteiger charge is -2.32. The Bertz CT molecular complexity index is 861. The topological polar surface area (TPSA) is 99.9 Å². The summed E-state index contributed by atoms with van der Waals surface area (Å²) >= 11 is 1.46. The van der Waals surface area contributed by atoms with Crippen LogP contribution < -0.4 is 5.32 Å². The van der Waals surface area contributed by atoms with E-state index in [1.165, 1.54) is 17.6 Å². The zero-order chi connectivity index (χ0) is 19.6. The lowest BCUT2D eigenvalue weighted by Crippen LogP contribution is -2.46. The number of nitrogens with one attached hydrogen (secondary N) is 1. The first kappa shape index (κ1) is 19.2. The van der Waals surface area contributed by atoms with Crippen LogP contribution in [0.5, 0.6) is 0 Å². The first-order valence-electron chi connectivity index (χ1n) is 8.80. The summed E-state index contributed by atoms with van der Waals surface area (Å²) < 4.78 is 5.26. The Hall–Kier alpha value is -2.61. The van der Waals surface area contributed by atoms with Gasteiger partial charge in [-0.15, -0.1) is 11.3 Å². The molecule has 2 aromatic heterocycles. The molecule has 0 unspecified atom stereocenters. The Morgan fingerprint density at radius 1 is 1.26 bits per heavy atom. The van der Waals surface area contributed by atoms with Crippen molar-refractivity contribution in [2.75, 3.05) is 13.1 Å². The van der Waals surface area contributed by atoms with Gasteiger partial charge in [-0.2, -0.15) is 0 Å². The van der Waals surface area contributed by atoms with E-state index in [1.54, 1.807) is 11.8 Å². The summed E-state index contributed by atoms with van der Waals surface area (Å²) in [5, 5.41) is 12.0. The number of nitrogens with zero attached hydrogens (tertiary/aromatic N) is 1. The summed E-state index contributed by atoms with van der Waals surface area (Å²) in [5.41, 5.74) is 0.980. The molecular weight excluding hydrogens is 368 g/mol. The number of furan rings is 1. The van der Waals surface area contributed by atoms with Gasteiger partial charge in [-0.1, -0.05) is 0 Å². The largest absolute Gasteiger partial charge is 0.481 e. The Balaban J connectivity index is 1.59. The highest BCUT2D eigenvalue weighted by Crippen LogP contribution is 2.22. The predicted octanol–water partition coefficient (Wildman–Crippen LogP) is 2.62. The number of carbonyl (C=O) groups is 3. The molecule has 0 aliphatic carbocycles. The van der Waals surface area contributed by atoms with Gasteiger partial charge in [0.05, 0.1) is 16.7 Å². The average Bonchev–Trinajstić information content (AvgIpc) is 3.20. The Labute approximate surface area is 161 Å². The van der Waals surface area contributed by atoms with E-state index in [0.717, 1.165) is 4.88 Å². The summed E-state index contributed by atoms with van der Waals surface area (Å²) in [5.74, 6) is -1.14. The molecule has 8 heteroatoms. The number of carbonyl (C=O) groups excluding carboxylic acids is 2. The van der Waals surface area contributed by atoms with E-state index in [1.807, 2.05) is 19.1 Å². The molecule has 7 nitrogen and oxygen atoms in total. The number of carboxylic acids is 1. The van der Waals surface area contributed by atoms with Crippen LogP contribution in [0.2, 0.25) is 0 Å². The van der Waals surface area contributed by atoms with Crippen LogP contribution in [0, 0.1) is 13.8 Å². The van der Waals surface area contributed by atoms with E-state index in [2.05, 4.69) is 5.32 Å². The normalized spacial score (nSPS) is 15.0. The van der Waals surface area contributed by atoms with Crippen LogP contribution in [0.15, 0.2) is 22.8 Å². The molecule has 1 fully saturated rings. The van der Waals surface area contributed by atoms with Crippen molar-refractivity contribution in [1.29, 1.82) is 0 Å². The smallest absolute Gasteiger partial charge is 0.311 e. The molecule has 0 saturated carbocycles. The van der Waals surface area contributed by atoms with Crippen LogP contribution in [0.3, 0.4) is 0 Å². The summed E-state index contributed by atoms with van der Waals surface area (Å²) in [4.78, 5) is 39.5. The van der Waals surface area contributed by atoms with Gasteiger partial charge in [-0.05, 0) is 38.8 Å². The fraction of sp³-hybridized carbons (Fsp3) is 0.421. The Morgan fingerprint density at radius 3 is 2.56 bits per heavy atom. The van der Waals surface area contributed by atoms with Gasteiger partial charge in [0.15, 0.2) is 0 Å². The zero-order valence-electron chi connectivity index (χ0n) is 15.3. The lowest BCUT2D eigenvalue weighted by atomic mass is 10.0. The maximum absolute atomic E-state index is 12.8. The van der Waals surface area contributed by atoms with Gasteiger partial charge in [0, 0.05) is 29.6 Å². The maximum atomic E-state index is 12.8. The lowest BCUT2D eigenvalue weighted by molar-refractivity contribution is -0.136. The van der Waals surface area contributed by atoms with E-state index >= 15 is 0 Å². The number of amides is 2. The molecule has 3 heterocycles. The van der Waals surface area contributed by atoms with Crippen molar-refractivity contribution in [3.05, 3.63) is 45.0 Å². The molecular formula is C19H22N2O5S. The Morgan fingerprint density at radius 2 is 1.96 bits per heavy atom. The molecule has 0 aromatic carbocycles. The molecule has 0 atom stereocenters. The highest BCUT2D eigenvalue weighted by molar-refractivity contribution is 7.13. The van der Waals surface area contributed by atoms with Crippen LogP contribution >= 0.6 is 11.3 Å². The van der Waals surface area contributed by atoms with Crippen molar-refractivity contribution < 1.29 is 23.9 Å². The monoisotopic (exact) mass is 390 g/mol. The second-order valence-corrected chi connectivity index (χ2v) is 8.03. The van der Waals surface area contributed by atoms with Gasteiger partial charge in [0.2, 0.25) is 0 Å². The molecule has 0 radical (unpaired) electrons. The molecule has 1 aliphatic rings. The fourth-order valence-electron chi connectivity index (χ4n) is 3.25. The van der Waals surface area contributed by atoms with E-state index in [4.69, 9.17) is 9.52 Å². The number of aliphatic carboxylic acids is 1. The SMILES string of the molecule is Cc1ccc(C(=O)NC2CCN(C(=O)c3c(C)coc3CC(=O)O)CC2)s1. The van der Waals surface area contributed by atoms with Gasteiger partial charge < -0.3 is 19.7 Å². The highest BCUT2D eigenvalue weighted by atomic mass is 32.1. The minimum atomic E-state index is -1.04. The first-order chi connectivity index (χ1) is 12.8. The number of rotatable bonds is 5. The molecule has 27 heavy (non-hydrogen) atoms. The van der Waals surface area contributed by atoms with Crippen molar-refractivity contribution in [3.8, 4) is 0 Å². The van der Waals surface area contributed by atoms with Gasteiger partial charge in [-0.25, -0.2) is 0 Å². The summed E-state index contributed by atoms with van der Waals surface area (Å²) in [7, 11) is 0. The number of piperidine rings is 1. The van der Waals surface area contributed by atoms with Crippen LogP contribution in [0.1, 0.15) is 49.1 Å². The molecule has 2 amide bonds. The van der Waals surface area contributed by atoms with Crippen LogP contribution in [0.25, 0.3) is 0 Å². The molecule has 0 bridgehead atoms. The molecule has 2 aromatic rings. The van der Waals surface area contributed by atoms with Crippen LogP contribution in [-0.4, -0.2) is 46.9 Å². The number of thiophene rings is 1. The predicted molar refractivity (Wildman–Crippen MR) is 100 cm³/mol. The third-order valence-corrected chi connectivity index (χ3v) is 5.66.